The Bertz CT molecular complexity index is 957. The van der Waals surface area contributed by atoms with Crippen LogP contribution >= 0.6 is 0 Å². The molecule has 0 aromatic heterocycles. The molecule has 0 bridgehead atoms. The van der Waals surface area contributed by atoms with Crippen LogP contribution in [-0.4, -0.2) is 10.8 Å². The van der Waals surface area contributed by atoms with Gasteiger partial charge in [0.1, 0.15) is 0 Å². The quantitative estimate of drug-likeness (QED) is 0.541. The average molecular weight is 330 g/mol. The predicted molar refractivity (Wildman–Crippen MR) is 94.2 cm³/mol. The van der Waals surface area contributed by atoms with E-state index in [-0.39, 0.29) is 0 Å². The molecular weight excluding hydrogens is 316 g/mol. The van der Waals surface area contributed by atoms with Gasteiger partial charge < -0.3 is 0 Å². The molecule has 1 aliphatic heterocycles. The van der Waals surface area contributed by atoms with Crippen molar-refractivity contribution in [2.75, 3.05) is 4.90 Å². The van der Waals surface area contributed by atoms with Crippen LogP contribution in [0.1, 0.15) is 11.1 Å². The van der Waals surface area contributed by atoms with Crippen LogP contribution in [0.4, 0.5) is 11.4 Å². The van der Waals surface area contributed by atoms with E-state index in [0.717, 1.165) is 0 Å². The molecule has 0 fully saturated rings. The summed E-state index contributed by atoms with van der Waals surface area (Å²) in [6.45, 7) is 0. The summed E-state index contributed by atoms with van der Waals surface area (Å²) in [5.41, 5.74) is -0.0389. The molecule has 1 amide bonds. The Morgan fingerprint density at radius 3 is 2.00 bits per heavy atom. The van der Waals surface area contributed by atoms with Gasteiger partial charge in [0.25, 0.3) is 0 Å². The molecule has 1 unspecified atom stereocenters. The molecule has 1 atom stereocenters. The van der Waals surface area contributed by atoms with Crippen molar-refractivity contribution in [3.05, 3.63) is 106 Å². The van der Waals surface area contributed by atoms with Crippen LogP contribution in [0.5, 0.6) is 0 Å². The summed E-state index contributed by atoms with van der Waals surface area (Å²) in [5.74, 6) is -0.573. The predicted octanol–water partition coefficient (Wildman–Crippen LogP) is 3.89. The molecule has 0 saturated carbocycles. The zero-order valence-electron chi connectivity index (χ0n) is 13.2. The lowest BCUT2D eigenvalue weighted by molar-refractivity contribution is -0.546. The molecule has 0 aliphatic carbocycles. The first-order valence-corrected chi connectivity index (χ1v) is 7.86. The van der Waals surface area contributed by atoms with Gasteiger partial charge in [-0.05, 0) is 24.3 Å². The maximum atomic E-state index is 13.4. The van der Waals surface area contributed by atoms with E-state index in [1.807, 2.05) is 6.07 Å². The van der Waals surface area contributed by atoms with Crippen LogP contribution < -0.4 is 4.90 Å². The number of benzene rings is 3. The second-order valence-electron chi connectivity index (χ2n) is 5.83. The van der Waals surface area contributed by atoms with Gasteiger partial charge in [-0.3, -0.25) is 19.8 Å². The van der Waals surface area contributed by atoms with Crippen LogP contribution in [0.15, 0.2) is 84.9 Å². The molecule has 0 saturated heterocycles. The fourth-order valence-electron chi connectivity index (χ4n) is 3.43. The molecule has 3 aromatic carbocycles. The molecule has 0 N–H and O–H groups in total. The summed E-state index contributed by atoms with van der Waals surface area (Å²) in [5, 5.41) is 12.2. The summed E-state index contributed by atoms with van der Waals surface area (Å²) in [6, 6.07) is 24.4. The Kier molecular flexibility index (Phi) is 3.35. The number of rotatable bonds is 3. The first kappa shape index (κ1) is 15.1. The Hall–Kier alpha value is -3.47. The lowest BCUT2D eigenvalue weighted by Crippen LogP contribution is -2.45. The summed E-state index contributed by atoms with van der Waals surface area (Å²) in [7, 11) is 0. The number of para-hydroxylation sites is 2. The molecule has 25 heavy (non-hydrogen) atoms. The van der Waals surface area contributed by atoms with E-state index in [9.17, 15) is 14.9 Å². The van der Waals surface area contributed by atoms with E-state index in [1.54, 1.807) is 78.9 Å². The van der Waals surface area contributed by atoms with E-state index in [4.69, 9.17) is 0 Å². The second-order valence-corrected chi connectivity index (χ2v) is 5.83. The number of nitrogens with zero attached hydrogens (tertiary/aromatic N) is 2. The Balaban J connectivity index is 2.04. The zero-order chi connectivity index (χ0) is 17.4. The third kappa shape index (κ3) is 1.99. The van der Waals surface area contributed by atoms with Crippen LogP contribution in [0, 0.1) is 10.1 Å². The third-order valence-electron chi connectivity index (χ3n) is 4.53. The highest BCUT2D eigenvalue weighted by molar-refractivity contribution is 6.13. The van der Waals surface area contributed by atoms with Crippen molar-refractivity contribution in [2.24, 2.45) is 0 Å². The van der Waals surface area contributed by atoms with Crippen molar-refractivity contribution in [1.82, 2.24) is 0 Å². The van der Waals surface area contributed by atoms with Gasteiger partial charge in [-0.2, -0.15) is 0 Å². The number of hydrogen-bond acceptors (Lipinski definition) is 3. The molecular formula is C20H14N2O3. The number of fused-ring (bicyclic) bond motifs is 1. The van der Waals surface area contributed by atoms with Crippen LogP contribution in [0.3, 0.4) is 0 Å². The van der Waals surface area contributed by atoms with Gasteiger partial charge in [0.2, 0.25) is 0 Å². The number of carbonyl (C=O) groups excluding carboxylic acids is 1. The molecule has 122 valence electrons. The fourth-order valence-corrected chi connectivity index (χ4v) is 3.43. The van der Waals surface area contributed by atoms with Gasteiger partial charge in [0, 0.05) is 16.2 Å². The van der Waals surface area contributed by atoms with Crippen molar-refractivity contribution in [2.45, 2.75) is 5.54 Å². The smallest absolute Gasteiger partial charge is 0.274 e. The van der Waals surface area contributed by atoms with Crippen LogP contribution in [-0.2, 0) is 10.3 Å². The Labute approximate surface area is 144 Å². The lowest BCUT2D eigenvalue weighted by Gasteiger charge is -2.21. The summed E-state index contributed by atoms with van der Waals surface area (Å²) in [6.07, 6.45) is 0. The third-order valence-corrected chi connectivity index (χ3v) is 4.53. The van der Waals surface area contributed by atoms with Gasteiger partial charge in [-0.15, -0.1) is 0 Å². The molecule has 4 rings (SSSR count). The maximum Gasteiger partial charge on any atom is 0.351 e. The SMILES string of the molecule is O=C1N(c2ccccc2)c2ccccc2C1(c1ccccc1)[N+](=O)[O-]. The number of nitro groups is 1. The van der Waals surface area contributed by atoms with E-state index < -0.39 is 16.4 Å². The van der Waals surface area contributed by atoms with Gasteiger partial charge in [0.15, 0.2) is 0 Å². The van der Waals surface area contributed by atoms with Gasteiger partial charge in [-0.25, -0.2) is 0 Å². The van der Waals surface area contributed by atoms with E-state index in [2.05, 4.69) is 0 Å². The maximum absolute atomic E-state index is 13.4. The minimum atomic E-state index is -1.94. The number of hydrogen-bond donors (Lipinski definition) is 0. The Morgan fingerprint density at radius 2 is 1.36 bits per heavy atom. The second kappa shape index (κ2) is 5.56. The van der Waals surface area contributed by atoms with Crippen LogP contribution in [0.25, 0.3) is 0 Å². The first-order valence-electron chi connectivity index (χ1n) is 7.86. The normalized spacial score (nSPS) is 18.9. The molecule has 0 spiro atoms. The summed E-state index contributed by atoms with van der Waals surface area (Å²) >= 11 is 0. The molecule has 5 nitrogen and oxygen atoms in total. The molecule has 0 radical (unpaired) electrons. The zero-order valence-corrected chi connectivity index (χ0v) is 13.2. The van der Waals surface area contributed by atoms with Gasteiger partial charge in [0.05, 0.1) is 11.3 Å². The summed E-state index contributed by atoms with van der Waals surface area (Å²) in [4.78, 5) is 26.6. The van der Waals surface area contributed by atoms with Crippen molar-refractivity contribution < 1.29 is 9.72 Å². The summed E-state index contributed by atoms with van der Waals surface area (Å²) < 4.78 is 0. The molecule has 5 heteroatoms. The molecule has 3 aromatic rings. The van der Waals surface area contributed by atoms with Crippen molar-refractivity contribution >= 4 is 17.3 Å². The first-order chi connectivity index (χ1) is 12.2. The van der Waals surface area contributed by atoms with Crippen molar-refractivity contribution in [3.8, 4) is 0 Å². The highest BCUT2D eigenvalue weighted by Gasteiger charge is 2.63. The van der Waals surface area contributed by atoms with E-state index >= 15 is 0 Å². The fraction of sp³-hybridized carbons (Fsp3) is 0.0500. The Morgan fingerprint density at radius 1 is 0.800 bits per heavy atom. The van der Waals surface area contributed by atoms with Crippen molar-refractivity contribution in [3.63, 3.8) is 0 Å². The molecule has 1 heterocycles. The number of carbonyl (C=O) groups is 1. The monoisotopic (exact) mass is 330 g/mol. The molecule has 1 aliphatic rings. The van der Waals surface area contributed by atoms with Gasteiger partial charge >= 0.3 is 11.4 Å². The highest BCUT2D eigenvalue weighted by atomic mass is 16.6. The lowest BCUT2D eigenvalue weighted by atomic mass is 9.84. The highest BCUT2D eigenvalue weighted by Crippen LogP contribution is 2.49. The topological polar surface area (TPSA) is 63.5 Å². The largest absolute Gasteiger partial charge is 0.351 e. The minimum Gasteiger partial charge on any atom is -0.274 e. The number of amides is 1. The van der Waals surface area contributed by atoms with Gasteiger partial charge in [-0.1, -0.05) is 60.7 Å². The standard InChI is InChI=1S/C20H14N2O3/c23-19-20(22(24)25,15-9-3-1-4-10-15)17-13-7-8-14-18(17)21(19)16-11-5-2-6-12-16/h1-14H. The van der Waals surface area contributed by atoms with E-state index in [1.165, 1.54) is 4.90 Å². The van der Waals surface area contributed by atoms with E-state index in [0.29, 0.717) is 22.5 Å². The minimum absolute atomic E-state index is 0.357. The van der Waals surface area contributed by atoms with Crippen molar-refractivity contribution in [1.29, 1.82) is 0 Å². The average Bonchev–Trinajstić information content (AvgIpc) is 2.92. The van der Waals surface area contributed by atoms with Crippen LogP contribution in [0.2, 0.25) is 0 Å². The number of anilines is 2.